The first-order valence-corrected chi connectivity index (χ1v) is 8.72. The van der Waals surface area contributed by atoms with Crippen molar-refractivity contribution in [1.29, 1.82) is 0 Å². The van der Waals surface area contributed by atoms with Crippen molar-refractivity contribution in [3.05, 3.63) is 65.4 Å². The van der Waals surface area contributed by atoms with Gasteiger partial charge in [0.2, 0.25) is 0 Å². The monoisotopic (exact) mass is 368 g/mol. The van der Waals surface area contributed by atoms with E-state index in [9.17, 15) is 4.79 Å². The number of amides is 1. The molecule has 0 bridgehead atoms. The van der Waals surface area contributed by atoms with E-state index in [1.165, 1.54) is 11.0 Å². The maximum Gasteiger partial charge on any atom is 0.256 e. The minimum absolute atomic E-state index is 0.00754. The van der Waals surface area contributed by atoms with Gasteiger partial charge in [-0.3, -0.25) is 4.79 Å². The lowest BCUT2D eigenvalue weighted by atomic mass is 10.1. The van der Waals surface area contributed by atoms with Crippen LogP contribution in [0.3, 0.4) is 0 Å². The number of rotatable bonds is 3. The zero-order valence-corrected chi connectivity index (χ0v) is 14.8. The number of tetrazole rings is 1. The molecule has 3 aromatic rings. The third kappa shape index (κ3) is 3.25. The molecule has 2 aromatic carbocycles. The first-order chi connectivity index (χ1) is 12.7. The molecule has 0 unspecified atom stereocenters. The fraction of sp³-hybridized carbons (Fsp3) is 0.222. The molecular formula is C18H17ClN6O. The van der Waals surface area contributed by atoms with Gasteiger partial charge in [0.25, 0.3) is 5.91 Å². The molecule has 1 fully saturated rings. The first kappa shape index (κ1) is 16.5. The topological polar surface area (TPSA) is 67.2 Å². The fourth-order valence-electron chi connectivity index (χ4n) is 3.12. The molecule has 26 heavy (non-hydrogen) atoms. The largest absolute Gasteiger partial charge is 0.368 e. The van der Waals surface area contributed by atoms with Gasteiger partial charge in [-0.2, -0.15) is 4.68 Å². The maximum atomic E-state index is 13.0. The third-order valence-electron chi connectivity index (χ3n) is 4.49. The summed E-state index contributed by atoms with van der Waals surface area (Å²) in [5.41, 5.74) is 2.40. The molecule has 7 nitrogen and oxygen atoms in total. The van der Waals surface area contributed by atoms with Crippen molar-refractivity contribution in [2.45, 2.75) is 0 Å². The predicted octanol–water partition coefficient (Wildman–Crippen LogP) is 2.28. The van der Waals surface area contributed by atoms with Gasteiger partial charge in [-0.25, -0.2) is 0 Å². The van der Waals surface area contributed by atoms with Crippen molar-refractivity contribution in [3.63, 3.8) is 0 Å². The van der Waals surface area contributed by atoms with E-state index in [2.05, 4.69) is 20.4 Å². The highest BCUT2D eigenvalue weighted by atomic mass is 35.5. The fourth-order valence-corrected chi connectivity index (χ4v) is 3.24. The lowest BCUT2D eigenvalue weighted by Crippen LogP contribution is -2.49. The number of piperazine rings is 1. The second-order valence-electron chi connectivity index (χ2n) is 6.03. The van der Waals surface area contributed by atoms with E-state index in [1.54, 1.807) is 0 Å². The minimum atomic E-state index is -0.00754. The molecular weight excluding hydrogens is 352 g/mol. The van der Waals surface area contributed by atoms with Gasteiger partial charge in [0, 0.05) is 36.9 Å². The van der Waals surface area contributed by atoms with Crippen molar-refractivity contribution < 1.29 is 4.79 Å². The van der Waals surface area contributed by atoms with E-state index in [0.29, 0.717) is 24.3 Å². The molecule has 1 aliphatic heterocycles. The Hall–Kier alpha value is -2.93. The van der Waals surface area contributed by atoms with Gasteiger partial charge in [0.15, 0.2) is 0 Å². The summed E-state index contributed by atoms with van der Waals surface area (Å²) in [6.45, 7) is 2.87. The zero-order chi connectivity index (χ0) is 17.9. The van der Waals surface area contributed by atoms with Crippen LogP contribution in [0.25, 0.3) is 5.69 Å². The van der Waals surface area contributed by atoms with E-state index >= 15 is 0 Å². The van der Waals surface area contributed by atoms with E-state index in [-0.39, 0.29) is 5.91 Å². The van der Waals surface area contributed by atoms with Crippen LogP contribution in [0.1, 0.15) is 10.4 Å². The molecule has 0 saturated carbocycles. The van der Waals surface area contributed by atoms with Crippen LogP contribution >= 0.6 is 11.6 Å². The van der Waals surface area contributed by atoms with Crippen molar-refractivity contribution >= 4 is 23.2 Å². The van der Waals surface area contributed by atoms with E-state index in [4.69, 9.17) is 11.6 Å². The number of carbonyl (C=O) groups is 1. The minimum Gasteiger partial charge on any atom is -0.368 e. The summed E-state index contributed by atoms with van der Waals surface area (Å²) in [4.78, 5) is 17.1. The van der Waals surface area contributed by atoms with Crippen LogP contribution in [-0.2, 0) is 0 Å². The number of halogens is 1. The summed E-state index contributed by atoms with van der Waals surface area (Å²) in [6, 6.07) is 15.2. The Labute approximate surface area is 155 Å². The first-order valence-electron chi connectivity index (χ1n) is 8.34. The summed E-state index contributed by atoms with van der Waals surface area (Å²) < 4.78 is 1.51. The number of aromatic nitrogens is 4. The van der Waals surface area contributed by atoms with Gasteiger partial charge in [0.05, 0.1) is 11.3 Å². The van der Waals surface area contributed by atoms with Gasteiger partial charge in [0.1, 0.15) is 6.33 Å². The number of hydrogen-bond donors (Lipinski definition) is 0. The summed E-state index contributed by atoms with van der Waals surface area (Å²) in [6.07, 6.45) is 1.49. The van der Waals surface area contributed by atoms with Gasteiger partial charge >= 0.3 is 0 Å². The van der Waals surface area contributed by atoms with Gasteiger partial charge in [-0.1, -0.05) is 23.7 Å². The summed E-state index contributed by atoms with van der Waals surface area (Å²) in [5, 5.41) is 11.9. The molecule has 0 atom stereocenters. The Kier molecular flexibility index (Phi) is 4.53. The maximum absolute atomic E-state index is 13.0. The number of anilines is 1. The molecule has 8 heteroatoms. The number of nitrogens with zero attached hydrogens (tertiary/aromatic N) is 6. The Balaban J connectivity index is 1.48. The van der Waals surface area contributed by atoms with Gasteiger partial charge < -0.3 is 9.80 Å². The Morgan fingerprint density at radius 3 is 2.38 bits per heavy atom. The number of hydrogen-bond acceptors (Lipinski definition) is 5. The standard InChI is InChI=1S/C18H17ClN6O/c19-14-5-7-15(8-6-14)23-9-11-24(12-10-23)18(26)16-3-1-2-4-17(16)25-13-20-21-22-25/h1-8,13H,9-12H2. The number of carbonyl (C=O) groups excluding carboxylic acids is 1. The molecule has 1 saturated heterocycles. The van der Waals surface area contributed by atoms with Crippen molar-refractivity contribution in [1.82, 2.24) is 25.1 Å². The Bertz CT molecular complexity index is 888. The van der Waals surface area contributed by atoms with Gasteiger partial charge in [-0.15, -0.1) is 5.10 Å². The molecule has 2 heterocycles. The Morgan fingerprint density at radius 1 is 0.962 bits per heavy atom. The van der Waals surface area contributed by atoms with Crippen LogP contribution in [-0.4, -0.2) is 57.2 Å². The summed E-state index contributed by atoms with van der Waals surface area (Å²) in [5.74, 6) is -0.00754. The molecule has 0 radical (unpaired) electrons. The molecule has 4 rings (SSSR count). The lowest BCUT2D eigenvalue weighted by molar-refractivity contribution is 0.0746. The smallest absolute Gasteiger partial charge is 0.256 e. The molecule has 1 aromatic heterocycles. The van der Waals surface area contributed by atoms with Gasteiger partial charge in [-0.05, 0) is 46.8 Å². The summed E-state index contributed by atoms with van der Waals surface area (Å²) >= 11 is 5.95. The highest BCUT2D eigenvalue weighted by molar-refractivity contribution is 6.30. The van der Waals surface area contributed by atoms with E-state index in [1.807, 2.05) is 53.4 Å². The van der Waals surface area contributed by atoms with Crippen molar-refractivity contribution in [2.75, 3.05) is 31.1 Å². The number of para-hydroxylation sites is 1. The van der Waals surface area contributed by atoms with Crippen molar-refractivity contribution in [3.8, 4) is 5.69 Å². The average molecular weight is 369 g/mol. The van der Waals surface area contributed by atoms with Crippen LogP contribution in [0.5, 0.6) is 0 Å². The van der Waals surface area contributed by atoms with Crippen molar-refractivity contribution in [2.24, 2.45) is 0 Å². The quantitative estimate of drug-likeness (QED) is 0.709. The number of benzene rings is 2. The van der Waals surface area contributed by atoms with Crippen LogP contribution in [0.15, 0.2) is 54.9 Å². The van der Waals surface area contributed by atoms with Crippen LogP contribution < -0.4 is 4.90 Å². The molecule has 1 aliphatic rings. The predicted molar refractivity (Wildman–Crippen MR) is 98.7 cm³/mol. The second kappa shape index (κ2) is 7.13. The molecule has 132 valence electrons. The third-order valence-corrected chi connectivity index (χ3v) is 4.74. The SMILES string of the molecule is O=C(c1ccccc1-n1cnnn1)N1CCN(c2ccc(Cl)cc2)CC1. The molecule has 0 spiro atoms. The molecule has 0 N–H and O–H groups in total. The van der Waals surface area contributed by atoms with Crippen LogP contribution in [0, 0.1) is 0 Å². The normalized spacial score (nSPS) is 14.5. The molecule has 1 amide bonds. The van der Waals surface area contributed by atoms with Crippen LogP contribution in [0.4, 0.5) is 5.69 Å². The van der Waals surface area contributed by atoms with E-state index < -0.39 is 0 Å². The highest BCUT2D eigenvalue weighted by Gasteiger charge is 2.24. The second-order valence-corrected chi connectivity index (χ2v) is 6.46. The Morgan fingerprint density at radius 2 is 1.69 bits per heavy atom. The lowest BCUT2D eigenvalue weighted by Gasteiger charge is -2.36. The zero-order valence-electron chi connectivity index (χ0n) is 14.0. The average Bonchev–Trinajstić information content (AvgIpc) is 3.23. The summed E-state index contributed by atoms with van der Waals surface area (Å²) in [7, 11) is 0. The van der Waals surface area contributed by atoms with Crippen LogP contribution in [0.2, 0.25) is 5.02 Å². The highest BCUT2D eigenvalue weighted by Crippen LogP contribution is 2.21. The molecule has 0 aliphatic carbocycles. The van der Waals surface area contributed by atoms with E-state index in [0.717, 1.165) is 23.8 Å².